The van der Waals surface area contributed by atoms with Crippen LogP contribution in [-0.2, 0) is 4.79 Å². The zero-order chi connectivity index (χ0) is 19.2. The summed E-state index contributed by atoms with van der Waals surface area (Å²) in [5.41, 5.74) is 1.88. The molecule has 7 nitrogen and oxygen atoms in total. The Hall–Kier alpha value is -2.32. The number of thiazole rings is 1. The number of aromatic nitrogens is 3. The van der Waals surface area contributed by atoms with Gasteiger partial charge in [-0.3, -0.25) is 9.78 Å². The van der Waals surface area contributed by atoms with E-state index in [1.807, 2.05) is 42.3 Å². The highest BCUT2D eigenvalue weighted by Crippen LogP contribution is 2.31. The van der Waals surface area contributed by atoms with Gasteiger partial charge >= 0.3 is 0 Å². The van der Waals surface area contributed by atoms with E-state index in [2.05, 4.69) is 20.3 Å². The van der Waals surface area contributed by atoms with Gasteiger partial charge in [-0.25, -0.2) is 9.97 Å². The summed E-state index contributed by atoms with van der Waals surface area (Å²) in [6, 6.07) is 0. The lowest BCUT2D eigenvalue weighted by Crippen LogP contribution is -2.38. The molecule has 2 aromatic rings. The first-order valence-corrected chi connectivity index (χ1v) is 10.0. The van der Waals surface area contributed by atoms with Crippen LogP contribution in [0.3, 0.4) is 0 Å². The Kier molecular flexibility index (Phi) is 6.52. The summed E-state index contributed by atoms with van der Waals surface area (Å²) in [5, 5.41) is 6.10. The minimum absolute atomic E-state index is 0.0653. The number of piperidine rings is 1. The van der Waals surface area contributed by atoms with Gasteiger partial charge in [0.2, 0.25) is 5.91 Å². The summed E-state index contributed by atoms with van der Waals surface area (Å²) in [4.78, 5) is 29.9. The average molecular weight is 387 g/mol. The van der Waals surface area contributed by atoms with Crippen molar-refractivity contribution in [1.82, 2.24) is 24.8 Å². The lowest BCUT2D eigenvalue weighted by Gasteiger charge is -2.32. The first kappa shape index (κ1) is 19.4. The highest BCUT2D eigenvalue weighted by molar-refractivity contribution is 7.13. The number of rotatable bonds is 6. The first-order chi connectivity index (χ1) is 13.0. The van der Waals surface area contributed by atoms with Crippen molar-refractivity contribution in [2.75, 3.05) is 39.0 Å². The molecule has 1 aliphatic heterocycles. The van der Waals surface area contributed by atoms with Gasteiger partial charge in [-0.2, -0.15) is 0 Å². The molecular formula is C19H26N6OS. The highest BCUT2D eigenvalue weighted by atomic mass is 32.1. The Labute approximate surface area is 164 Å². The van der Waals surface area contributed by atoms with Gasteiger partial charge in [0.15, 0.2) is 10.9 Å². The maximum absolute atomic E-state index is 12.5. The molecule has 1 fully saturated rings. The number of carbonyl (C=O) groups is 1. The molecule has 1 aliphatic rings. The van der Waals surface area contributed by atoms with Crippen molar-refractivity contribution in [2.45, 2.75) is 25.7 Å². The molecule has 0 spiro atoms. The molecule has 144 valence electrons. The third kappa shape index (κ3) is 5.33. The van der Waals surface area contributed by atoms with Gasteiger partial charge in [-0.15, -0.1) is 11.3 Å². The summed E-state index contributed by atoms with van der Waals surface area (Å²) < 4.78 is 0. The largest absolute Gasteiger partial charge is 0.338 e. The van der Waals surface area contributed by atoms with E-state index < -0.39 is 0 Å². The molecule has 1 atom stereocenters. The minimum Gasteiger partial charge on any atom is -0.338 e. The third-order valence-corrected chi connectivity index (χ3v) is 5.30. The van der Waals surface area contributed by atoms with Crippen molar-refractivity contribution in [3.8, 4) is 0 Å². The van der Waals surface area contributed by atoms with E-state index in [1.54, 1.807) is 29.8 Å². The SMILES string of the molecule is Cc1csc(Nc2nccnc2C2CCCN(C(=O)/C=C/CN(C)C)C2)n1. The molecule has 1 amide bonds. The van der Waals surface area contributed by atoms with Crippen LogP contribution in [0.25, 0.3) is 0 Å². The zero-order valence-corrected chi connectivity index (χ0v) is 16.9. The fourth-order valence-corrected chi connectivity index (χ4v) is 3.81. The number of nitrogens with zero attached hydrogens (tertiary/aromatic N) is 5. The highest BCUT2D eigenvalue weighted by Gasteiger charge is 2.27. The molecule has 3 heterocycles. The predicted octanol–water partition coefficient (Wildman–Crippen LogP) is 2.81. The lowest BCUT2D eigenvalue weighted by atomic mass is 9.94. The summed E-state index contributed by atoms with van der Waals surface area (Å²) in [6.07, 6.45) is 8.94. The van der Waals surface area contributed by atoms with Gasteiger partial charge < -0.3 is 15.1 Å². The third-order valence-electron chi connectivity index (χ3n) is 4.42. The fourth-order valence-electron chi connectivity index (χ4n) is 3.13. The molecular weight excluding hydrogens is 360 g/mol. The van der Waals surface area contributed by atoms with E-state index in [0.29, 0.717) is 6.54 Å². The second kappa shape index (κ2) is 9.05. The number of likely N-dealkylation sites (tertiary alicyclic amines) is 1. The van der Waals surface area contributed by atoms with Crippen LogP contribution in [-0.4, -0.2) is 64.4 Å². The van der Waals surface area contributed by atoms with Crippen LogP contribution in [0.1, 0.15) is 30.1 Å². The second-order valence-corrected chi connectivity index (χ2v) is 7.86. The van der Waals surface area contributed by atoms with E-state index in [1.165, 1.54) is 0 Å². The maximum atomic E-state index is 12.5. The zero-order valence-electron chi connectivity index (χ0n) is 16.1. The molecule has 3 rings (SSSR count). The van der Waals surface area contributed by atoms with Crippen LogP contribution in [0.4, 0.5) is 10.9 Å². The van der Waals surface area contributed by atoms with Crippen molar-refractivity contribution >= 4 is 28.2 Å². The standard InChI is InChI=1S/C19H26N6OS/c1-14-13-27-19(22-14)23-18-17(20-8-9-21-18)15-6-4-11-25(12-15)16(26)7-5-10-24(2)3/h5,7-9,13,15H,4,6,10-12H2,1-3H3,(H,21,22,23)/b7-5+. The molecule has 2 aromatic heterocycles. The van der Waals surface area contributed by atoms with E-state index in [0.717, 1.165) is 48.3 Å². The molecule has 1 N–H and O–H groups in total. The Morgan fingerprint density at radius 3 is 2.96 bits per heavy atom. The summed E-state index contributed by atoms with van der Waals surface area (Å²) in [6.45, 7) is 4.17. The van der Waals surface area contributed by atoms with Gasteiger partial charge in [-0.1, -0.05) is 6.08 Å². The molecule has 0 radical (unpaired) electrons. The van der Waals surface area contributed by atoms with E-state index in [4.69, 9.17) is 0 Å². The molecule has 8 heteroatoms. The topological polar surface area (TPSA) is 74.2 Å². The Balaban J connectivity index is 1.71. The van der Waals surface area contributed by atoms with E-state index in [9.17, 15) is 4.79 Å². The van der Waals surface area contributed by atoms with Gasteiger partial charge in [-0.05, 0) is 33.9 Å². The van der Waals surface area contributed by atoms with Crippen molar-refractivity contribution < 1.29 is 4.79 Å². The summed E-state index contributed by atoms with van der Waals surface area (Å²) in [5.74, 6) is 0.965. The fraction of sp³-hybridized carbons (Fsp3) is 0.474. The molecule has 1 saturated heterocycles. The van der Waals surface area contributed by atoms with Crippen LogP contribution >= 0.6 is 11.3 Å². The van der Waals surface area contributed by atoms with Crippen LogP contribution in [0, 0.1) is 6.92 Å². The number of carbonyl (C=O) groups excluding carboxylic acids is 1. The Morgan fingerprint density at radius 2 is 2.22 bits per heavy atom. The van der Waals surface area contributed by atoms with Gasteiger partial charge in [0.1, 0.15) is 0 Å². The monoisotopic (exact) mass is 386 g/mol. The number of anilines is 2. The molecule has 0 saturated carbocycles. The van der Waals surface area contributed by atoms with Crippen LogP contribution < -0.4 is 5.32 Å². The molecule has 0 aliphatic carbocycles. The van der Waals surface area contributed by atoms with Gasteiger partial charge in [0.05, 0.1) is 11.4 Å². The number of hydrogen-bond donors (Lipinski definition) is 1. The van der Waals surface area contributed by atoms with Crippen molar-refractivity contribution in [1.29, 1.82) is 0 Å². The van der Waals surface area contributed by atoms with Crippen LogP contribution in [0.5, 0.6) is 0 Å². The first-order valence-electron chi connectivity index (χ1n) is 9.13. The minimum atomic E-state index is 0.0653. The smallest absolute Gasteiger partial charge is 0.246 e. The van der Waals surface area contributed by atoms with Gasteiger partial charge in [0, 0.05) is 49.4 Å². The van der Waals surface area contributed by atoms with Crippen LogP contribution in [0.15, 0.2) is 29.9 Å². The lowest BCUT2D eigenvalue weighted by molar-refractivity contribution is -0.127. The number of aryl methyl sites for hydroxylation is 1. The van der Waals surface area contributed by atoms with Crippen molar-refractivity contribution in [2.24, 2.45) is 0 Å². The van der Waals surface area contributed by atoms with Crippen molar-refractivity contribution in [3.05, 3.63) is 41.3 Å². The number of hydrogen-bond acceptors (Lipinski definition) is 7. The predicted molar refractivity (Wildman–Crippen MR) is 108 cm³/mol. The maximum Gasteiger partial charge on any atom is 0.246 e. The molecule has 0 bridgehead atoms. The molecule has 0 aromatic carbocycles. The molecule has 1 unspecified atom stereocenters. The quantitative estimate of drug-likeness (QED) is 0.770. The Morgan fingerprint density at radius 1 is 1.41 bits per heavy atom. The molecule has 27 heavy (non-hydrogen) atoms. The second-order valence-electron chi connectivity index (χ2n) is 7.00. The number of amides is 1. The number of nitrogens with one attached hydrogen (secondary N) is 1. The number of likely N-dealkylation sites (N-methyl/N-ethyl adjacent to an activating group) is 1. The normalized spacial score (nSPS) is 17.6. The van der Waals surface area contributed by atoms with E-state index in [-0.39, 0.29) is 11.8 Å². The van der Waals surface area contributed by atoms with Crippen LogP contribution in [0.2, 0.25) is 0 Å². The summed E-state index contributed by atoms with van der Waals surface area (Å²) in [7, 11) is 3.97. The summed E-state index contributed by atoms with van der Waals surface area (Å²) >= 11 is 1.55. The van der Waals surface area contributed by atoms with Gasteiger partial charge in [0.25, 0.3) is 0 Å². The average Bonchev–Trinajstić information content (AvgIpc) is 3.06. The Bertz CT molecular complexity index is 803. The van der Waals surface area contributed by atoms with E-state index >= 15 is 0 Å². The van der Waals surface area contributed by atoms with Crippen molar-refractivity contribution in [3.63, 3.8) is 0 Å².